The molecule has 8 nitrogen and oxygen atoms in total. The van der Waals surface area contributed by atoms with Crippen LogP contribution in [0.15, 0.2) is 46.2 Å². The molecule has 0 N–H and O–H groups in total. The molecule has 0 spiro atoms. The number of hydrogen-bond acceptors (Lipinski definition) is 6. The van der Waals surface area contributed by atoms with Crippen LogP contribution >= 0.6 is 0 Å². The predicted octanol–water partition coefficient (Wildman–Crippen LogP) is 2.83. The fourth-order valence-electron chi connectivity index (χ4n) is 4.61. The summed E-state index contributed by atoms with van der Waals surface area (Å²) in [4.78, 5) is 25.5. The van der Waals surface area contributed by atoms with E-state index in [4.69, 9.17) is 4.52 Å². The Kier molecular flexibility index (Phi) is 3.77. The van der Waals surface area contributed by atoms with Gasteiger partial charge in [-0.05, 0) is 47.9 Å². The van der Waals surface area contributed by atoms with E-state index in [1.165, 1.54) is 16.5 Å². The van der Waals surface area contributed by atoms with Gasteiger partial charge < -0.3 is 9.09 Å². The maximum Gasteiger partial charge on any atom is 0.280 e. The molecule has 1 aromatic carbocycles. The highest BCUT2D eigenvalue weighted by molar-refractivity contribution is 5.71. The third kappa shape index (κ3) is 2.83. The van der Waals surface area contributed by atoms with Gasteiger partial charge in [0.2, 0.25) is 5.89 Å². The van der Waals surface area contributed by atoms with Crippen LogP contribution in [0.3, 0.4) is 0 Å². The average Bonchev–Trinajstić information content (AvgIpc) is 3.18. The van der Waals surface area contributed by atoms with Crippen molar-refractivity contribution in [2.75, 3.05) is 0 Å². The van der Waals surface area contributed by atoms with Crippen molar-refractivity contribution < 1.29 is 8.91 Å². The van der Waals surface area contributed by atoms with Crippen molar-refractivity contribution in [3.05, 3.63) is 75.9 Å². The summed E-state index contributed by atoms with van der Waals surface area (Å²) in [6.45, 7) is 1.92. The van der Waals surface area contributed by atoms with Gasteiger partial charge in [-0.1, -0.05) is 23.4 Å². The number of imidazole rings is 1. The Hall–Kier alpha value is -3.62. The van der Waals surface area contributed by atoms with E-state index in [1.54, 1.807) is 30.9 Å². The minimum absolute atomic E-state index is 0.158. The fraction of sp³-hybridized carbons (Fsp3) is 0.318. The number of fused-ring (bicyclic) bond motifs is 2. The van der Waals surface area contributed by atoms with Gasteiger partial charge >= 0.3 is 0 Å². The highest BCUT2D eigenvalue weighted by Gasteiger charge is 2.55. The van der Waals surface area contributed by atoms with Crippen molar-refractivity contribution in [2.24, 2.45) is 18.9 Å². The van der Waals surface area contributed by atoms with Gasteiger partial charge in [-0.2, -0.15) is 4.98 Å². The van der Waals surface area contributed by atoms with Gasteiger partial charge in [0.15, 0.2) is 17.0 Å². The van der Waals surface area contributed by atoms with E-state index in [-0.39, 0.29) is 23.8 Å². The highest BCUT2D eigenvalue weighted by atomic mass is 19.1. The van der Waals surface area contributed by atoms with Gasteiger partial charge in [-0.3, -0.25) is 9.36 Å². The third-order valence-electron chi connectivity index (χ3n) is 6.41. The molecule has 0 amide bonds. The molecule has 4 aromatic rings. The summed E-state index contributed by atoms with van der Waals surface area (Å²) >= 11 is 0. The lowest BCUT2D eigenvalue weighted by Crippen LogP contribution is -2.22. The first-order valence-electron chi connectivity index (χ1n) is 10.2. The monoisotopic (exact) mass is 418 g/mol. The van der Waals surface area contributed by atoms with Gasteiger partial charge in [-0.15, -0.1) is 0 Å². The van der Waals surface area contributed by atoms with E-state index >= 15 is 0 Å². The quantitative estimate of drug-likeness (QED) is 0.506. The first-order valence-corrected chi connectivity index (χ1v) is 10.2. The van der Waals surface area contributed by atoms with Crippen LogP contribution in [0.1, 0.15) is 35.2 Å². The summed E-state index contributed by atoms with van der Waals surface area (Å²) in [5, 5.41) is 4.15. The maximum absolute atomic E-state index is 13.9. The van der Waals surface area contributed by atoms with Gasteiger partial charge in [0.25, 0.3) is 5.56 Å². The topological polar surface area (TPSA) is 91.6 Å². The molecule has 9 heteroatoms. The first-order chi connectivity index (χ1) is 15.0. The third-order valence-corrected chi connectivity index (χ3v) is 6.41. The Bertz CT molecular complexity index is 1430. The summed E-state index contributed by atoms with van der Waals surface area (Å²) in [7, 11) is 1.76. The van der Waals surface area contributed by atoms with Crippen molar-refractivity contribution in [1.82, 2.24) is 29.2 Å². The van der Waals surface area contributed by atoms with Crippen molar-refractivity contribution in [2.45, 2.75) is 25.8 Å². The average molecular weight is 418 g/mol. The molecular formula is C22H19FN6O2. The minimum atomic E-state index is -0.203. The number of hydrogen-bond donors (Lipinski definition) is 0. The minimum Gasteiger partial charge on any atom is -0.337 e. The number of rotatable bonds is 4. The molecule has 0 bridgehead atoms. The van der Waals surface area contributed by atoms with E-state index in [1.807, 2.05) is 12.1 Å². The van der Waals surface area contributed by atoms with E-state index in [9.17, 15) is 9.18 Å². The Morgan fingerprint density at radius 3 is 2.87 bits per heavy atom. The SMILES string of the molecule is Cc1ccc(C2=CC3C(C2)C3c2noc(Cn3cnc4ncn(C)c4c3=O)n2)cc1F. The molecule has 0 aliphatic heterocycles. The second kappa shape index (κ2) is 6.44. The van der Waals surface area contributed by atoms with Gasteiger partial charge in [0, 0.05) is 13.0 Å². The fourth-order valence-corrected chi connectivity index (χ4v) is 4.61. The lowest BCUT2D eigenvalue weighted by Gasteiger charge is -2.07. The molecule has 2 aliphatic rings. The molecule has 3 aromatic heterocycles. The van der Waals surface area contributed by atoms with E-state index in [2.05, 4.69) is 26.2 Å². The molecule has 156 valence electrons. The molecule has 3 unspecified atom stereocenters. The zero-order valence-corrected chi connectivity index (χ0v) is 17.0. The van der Waals surface area contributed by atoms with Crippen LogP contribution in [0, 0.1) is 24.6 Å². The van der Waals surface area contributed by atoms with Gasteiger partial charge in [-0.25, -0.2) is 14.4 Å². The number of nitrogens with zero attached hydrogens (tertiary/aromatic N) is 6. The molecule has 2 aliphatic carbocycles. The Morgan fingerprint density at radius 2 is 2.10 bits per heavy atom. The van der Waals surface area contributed by atoms with Gasteiger partial charge in [0.05, 0.1) is 6.33 Å². The summed E-state index contributed by atoms with van der Waals surface area (Å²) in [6, 6.07) is 5.40. The van der Waals surface area contributed by atoms with Gasteiger partial charge in [0.1, 0.15) is 18.7 Å². The number of aryl methyl sites for hydroxylation is 2. The normalized spacial score (nSPS) is 22.0. The molecule has 31 heavy (non-hydrogen) atoms. The lowest BCUT2D eigenvalue weighted by atomic mass is 9.99. The number of aromatic nitrogens is 6. The second-order valence-corrected chi connectivity index (χ2v) is 8.38. The van der Waals surface area contributed by atoms with E-state index in [0.717, 1.165) is 12.0 Å². The summed E-state index contributed by atoms with van der Waals surface area (Å²) < 4.78 is 22.4. The standard InChI is InChI=1S/C22H19FN6O2/c1-11-3-4-12(7-16(11)23)13-5-14-15(6-13)18(14)20-26-17(31-27-20)8-29-10-25-21-19(22(29)30)28(2)9-24-21/h3-5,7,9-10,14-15,18H,6,8H2,1-2H3. The number of benzene rings is 1. The summed E-state index contributed by atoms with van der Waals surface area (Å²) in [5.74, 6) is 1.84. The summed E-state index contributed by atoms with van der Waals surface area (Å²) in [5.41, 5.74) is 3.42. The Labute approximate surface area is 176 Å². The zero-order valence-electron chi connectivity index (χ0n) is 17.0. The van der Waals surface area contributed by atoms with Crippen molar-refractivity contribution >= 4 is 16.7 Å². The smallest absolute Gasteiger partial charge is 0.280 e. The predicted molar refractivity (Wildman–Crippen MR) is 110 cm³/mol. The molecule has 3 atom stereocenters. The Balaban J connectivity index is 1.20. The zero-order chi connectivity index (χ0) is 21.3. The van der Waals surface area contributed by atoms with Crippen LogP contribution in [0.4, 0.5) is 4.39 Å². The van der Waals surface area contributed by atoms with Crippen LogP contribution in [-0.4, -0.2) is 29.2 Å². The first kappa shape index (κ1) is 18.2. The van der Waals surface area contributed by atoms with Crippen LogP contribution in [0.25, 0.3) is 16.7 Å². The second-order valence-electron chi connectivity index (χ2n) is 8.38. The lowest BCUT2D eigenvalue weighted by molar-refractivity contribution is 0.364. The van der Waals surface area contributed by atoms with Crippen LogP contribution < -0.4 is 5.56 Å². The molecule has 6 rings (SSSR count). The molecular weight excluding hydrogens is 399 g/mol. The van der Waals surface area contributed by atoms with E-state index < -0.39 is 0 Å². The largest absolute Gasteiger partial charge is 0.337 e. The highest BCUT2D eigenvalue weighted by Crippen LogP contribution is 2.62. The maximum atomic E-state index is 13.9. The van der Waals surface area contributed by atoms with Crippen molar-refractivity contribution in [3.8, 4) is 0 Å². The molecule has 1 fully saturated rings. The molecule has 3 heterocycles. The van der Waals surface area contributed by atoms with E-state index in [0.29, 0.717) is 40.3 Å². The molecule has 1 saturated carbocycles. The number of halogens is 1. The van der Waals surface area contributed by atoms with Crippen molar-refractivity contribution in [1.29, 1.82) is 0 Å². The van der Waals surface area contributed by atoms with Crippen molar-refractivity contribution in [3.63, 3.8) is 0 Å². The van der Waals surface area contributed by atoms with Crippen LogP contribution in [-0.2, 0) is 13.6 Å². The molecule has 0 saturated heterocycles. The Morgan fingerprint density at radius 1 is 1.26 bits per heavy atom. The summed E-state index contributed by atoms with van der Waals surface area (Å²) in [6.07, 6.45) is 6.10. The van der Waals surface area contributed by atoms with Crippen LogP contribution in [0.5, 0.6) is 0 Å². The number of allylic oxidation sites excluding steroid dienone is 2. The molecule has 0 radical (unpaired) electrons. The van der Waals surface area contributed by atoms with Crippen LogP contribution in [0.2, 0.25) is 0 Å².